The Kier molecular flexibility index (Phi) is 24.2. The summed E-state index contributed by atoms with van der Waals surface area (Å²) in [5, 5.41) is 10.4. The quantitative estimate of drug-likeness (QED) is 0.157. The largest absolute Gasteiger partial charge is 0.393 e. The van der Waals surface area contributed by atoms with Crippen LogP contribution in [0.1, 0.15) is 168 Å². The Bertz CT molecular complexity index is 288. The van der Waals surface area contributed by atoms with E-state index in [0.717, 1.165) is 6.42 Å². The van der Waals surface area contributed by atoms with Gasteiger partial charge >= 0.3 is 0 Å². The predicted octanol–water partition coefficient (Wildman–Crippen LogP) is 10.00. The fourth-order valence-electron chi connectivity index (χ4n) is 4.45. The predicted molar refractivity (Wildman–Crippen MR) is 133 cm³/mol. The van der Waals surface area contributed by atoms with Crippen molar-refractivity contribution < 1.29 is 5.11 Å². The Labute approximate surface area is 185 Å². The van der Waals surface area contributed by atoms with Gasteiger partial charge in [-0.1, -0.05) is 156 Å². The van der Waals surface area contributed by atoms with Gasteiger partial charge in [0, 0.05) is 0 Å². The summed E-state index contributed by atoms with van der Waals surface area (Å²) in [6.45, 7) is 6.83. The van der Waals surface area contributed by atoms with Crippen molar-refractivity contribution in [3.05, 3.63) is 0 Å². The summed E-state index contributed by atoms with van der Waals surface area (Å²) >= 11 is 0. The van der Waals surface area contributed by atoms with E-state index in [1.165, 1.54) is 141 Å². The minimum atomic E-state index is -0.0627. The standard InChI is InChI=1S/C28H58O/c1-4-6-8-10-12-14-15-16-17-18-20-22-24-26-28(29)27(3)25-23-21-19-13-11-9-7-5-2/h27-29H,4-26H2,1-3H3. The van der Waals surface area contributed by atoms with Crippen LogP contribution in [0.3, 0.4) is 0 Å². The maximum atomic E-state index is 10.4. The van der Waals surface area contributed by atoms with Crippen LogP contribution in [0.4, 0.5) is 0 Å². The van der Waals surface area contributed by atoms with E-state index < -0.39 is 0 Å². The van der Waals surface area contributed by atoms with Crippen molar-refractivity contribution >= 4 is 0 Å². The molecule has 0 aromatic heterocycles. The zero-order valence-corrected chi connectivity index (χ0v) is 20.9. The summed E-state index contributed by atoms with van der Waals surface area (Å²) in [4.78, 5) is 0. The molecule has 0 rings (SSSR count). The van der Waals surface area contributed by atoms with Crippen molar-refractivity contribution in [1.82, 2.24) is 0 Å². The summed E-state index contributed by atoms with van der Waals surface area (Å²) < 4.78 is 0. The van der Waals surface area contributed by atoms with Gasteiger partial charge in [-0.25, -0.2) is 0 Å². The fourth-order valence-corrected chi connectivity index (χ4v) is 4.45. The molecule has 0 bridgehead atoms. The molecule has 0 fully saturated rings. The summed E-state index contributed by atoms with van der Waals surface area (Å²) in [7, 11) is 0. The maximum Gasteiger partial charge on any atom is 0.0565 e. The first-order valence-corrected chi connectivity index (χ1v) is 13.9. The van der Waals surface area contributed by atoms with Crippen molar-refractivity contribution in [1.29, 1.82) is 0 Å². The van der Waals surface area contributed by atoms with E-state index in [1.54, 1.807) is 0 Å². The van der Waals surface area contributed by atoms with Gasteiger partial charge in [0.05, 0.1) is 6.10 Å². The van der Waals surface area contributed by atoms with E-state index in [9.17, 15) is 5.11 Å². The summed E-state index contributed by atoms with van der Waals surface area (Å²) in [5.74, 6) is 0.493. The molecule has 0 aliphatic rings. The van der Waals surface area contributed by atoms with Crippen molar-refractivity contribution in [2.45, 2.75) is 175 Å². The lowest BCUT2D eigenvalue weighted by molar-refractivity contribution is 0.0985. The van der Waals surface area contributed by atoms with Gasteiger partial charge in [0.1, 0.15) is 0 Å². The molecule has 0 aromatic rings. The molecule has 0 spiro atoms. The first kappa shape index (κ1) is 29.0. The van der Waals surface area contributed by atoms with Gasteiger partial charge in [0.25, 0.3) is 0 Å². The monoisotopic (exact) mass is 410 g/mol. The Balaban J connectivity index is 3.28. The van der Waals surface area contributed by atoms with Gasteiger partial charge in [-0.15, -0.1) is 0 Å². The second-order valence-electron chi connectivity index (χ2n) is 9.84. The highest BCUT2D eigenvalue weighted by Gasteiger charge is 2.13. The average Bonchev–Trinajstić information content (AvgIpc) is 2.73. The molecule has 0 amide bonds. The van der Waals surface area contributed by atoms with Crippen LogP contribution in [-0.4, -0.2) is 11.2 Å². The van der Waals surface area contributed by atoms with Gasteiger partial charge in [0.15, 0.2) is 0 Å². The number of hydrogen-bond acceptors (Lipinski definition) is 1. The van der Waals surface area contributed by atoms with Gasteiger partial charge in [-0.05, 0) is 18.8 Å². The zero-order chi connectivity index (χ0) is 21.4. The van der Waals surface area contributed by atoms with Crippen LogP contribution in [-0.2, 0) is 0 Å². The van der Waals surface area contributed by atoms with Gasteiger partial charge in [0.2, 0.25) is 0 Å². The topological polar surface area (TPSA) is 20.2 Å². The molecule has 0 aliphatic carbocycles. The van der Waals surface area contributed by atoms with Crippen LogP contribution < -0.4 is 0 Å². The molecule has 0 aromatic carbocycles. The van der Waals surface area contributed by atoms with E-state index >= 15 is 0 Å². The summed E-state index contributed by atoms with van der Waals surface area (Å²) in [6.07, 6.45) is 31.4. The second kappa shape index (κ2) is 24.2. The lowest BCUT2D eigenvalue weighted by atomic mass is 9.93. The lowest BCUT2D eigenvalue weighted by Gasteiger charge is -2.18. The van der Waals surface area contributed by atoms with E-state index in [0.29, 0.717) is 5.92 Å². The van der Waals surface area contributed by atoms with Crippen LogP contribution in [0.25, 0.3) is 0 Å². The molecule has 0 saturated heterocycles. The molecule has 0 radical (unpaired) electrons. The normalized spacial score (nSPS) is 13.7. The molecule has 176 valence electrons. The molecule has 1 nitrogen and oxygen atoms in total. The number of unbranched alkanes of at least 4 members (excludes halogenated alkanes) is 19. The second-order valence-corrected chi connectivity index (χ2v) is 9.84. The number of rotatable bonds is 24. The Hall–Kier alpha value is -0.0400. The van der Waals surface area contributed by atoms with E-state index in [2.05, 4.69) is 20.8 Å². The van der Waals surface area contributed by atoms with Crippen molar-refractivity contribution in [2.75, 3.05) is 0 Å². The third-order valence-electron chi connectivity index (χ3n) is 6.77. The van der Waals surface area contributed by atoms with E-state index in [4.69, 9.17) is 0 Å². The molecular formula is C28H58O. The van der Waals surface area contributed by atoms with Crippen LogP contribution in [0.5, 0.6) is 0 Å². The van der Waals surface area contributed by atoms with Crippen LogP contribution in [0.2, 0.25) is 0 Å². The molecule has 0 saturated carbocycles. The highest BCUT2D eigenvalue weighted by Crippen LogP contribution is 2.20. The van der Waals surface area contributed by atoms with Gasteiger partial charge < -0.3 is 5.11 Å². The fraction of sp³-hybridized carbons (Fsp3) is 1.00. The molecule has 1 heteroatoms. The SMILES string of the molecule is CCCCCCCCCCCCCCCC(O)C(C)CCCCCCCCCC. The van der Waals surface area contributed by atoms with Gasteiger partial charge in [-0.2, -0.15) is 0 Å². The molecule has 2 atom stereocenters. The molecule has 0 heterocycles. The summed E-state index contributed by atoms with van der Waals surface area (Å²) in [6, 6.07) is 0. The first-order valence-electron chi connectivity index (χ1n) is 13.9. The van der Waals surface area contributed by atoms with Crippen molar-refractivity contribution in [3.63, 3.8) is 0 Å². The Morgan fingerprint density at radius 2 is 0.690 bits per heavy atom. The van der Waals surface area contributed by atoms with Crippen LogP contribution in [0, 0.1) is 5.92 Å². The zero-order valence-electron chi connectivity index (χ0n) is 20.9. The highest BCUT2D eigenvalue weighted by molar-refractivity contribution is 4.65. The number of hydrogen-bond donors (Lipinski definition) is 1. The molecular weight excluding hydrogens is 352 g/mol. The Morgan fingerprint density at radius 3 is 1.03 bits per heavy atom. The summed E-state index contributed by atoms with van der Waals surface area (Å²) in [5.41, 5.74) is 0. The van der Waals surface area contributed by atoms with E-state index in [1.807, 2.05) is 0 Å². The Morgan fingerprint density at radius 1 is 0.414 bits per heavy atom. The molecule has 1 N–H and O–H groups in total. The minimum Gasteiger partial charge on any atom is -0.393 e. The molecule has 29 heavy (non-hydrogen) atoms. The van der Waals surface area contributed by atoms with Gasteiger partial charge in [-0.3, -0.25) is 0 Å². The third kappa shape index (κ3) is 22.5. The van der Waals surface area contributed by atoms with Crippen molar-refractivity contribution in [2.24, 2.45) is 5.92 Å². The first-order chi connectivity index (χ1) is 14.2. The van der Waals surface area contributed by atoms with Crippen LogP contribution >= 0.6 is 0 Å². The van der Waals surface area contributed by atoms with Crippen molar-refractivity contribution in [3.8, 4) is 0 Å². The van der Waals surface area contributed by atoms with E-state index in [-0.39, 0.29) is 6.10 Å². The third-order valence-corrected chi connectivity index (χ3v) is 6.77. The number of aliphatic hydroxyl groups is 1. The minimum absolute atomic E-state index is 0.0627. The highest BCUT2D eigenvalue weighted by atomic mass is 16.3. The van der Waals surface area contributed by atoms with Crippen LogP contribution in [0.15, 0.2) is 0 Å². The lowest BCUT2D eigenvalue weighted by Crippen LogP contribution is -2.17. The molecule has 0 aliphatic heterocycles. The molecule has 2 unspecified atom stereocenters. The smallest absolute Gasteiger partial charge is 0.0565 e. The average molecular weight is 411 g/mol. The number of aliphatic hydroxyl groups excluding tert-OH is 1. The maximum absolute atomic E-state index is 10.4.